The van der Waals surface area contributed by atoms with Gasteiger partial charge in [0.25, 0.3) is 0 Å². The van der Waals surface area contributed by atoms with Crippen LogP contribution in [0.2, 0.25) is 0 Å². The molecule has 4 heteroatoms. The summed E-state index contributed by atoms with van der Waals surface area (Å²) >= 11 is 0. The molecule has 3 nitrogen and oxygen atoms in total. The molecule has 1 N–H and O–H groups in total. The van der Waals surface area contributed by atoms with Crippen LogP contribution in [0.5, 0.6) is 0 Å². The smallest absolute Gasteiger partial charge is 0.239 e. The molecule has 0 unspecified atom stereocenters. The van der Waals surface area contributed by atoms with Gasteiger partial charge in [0, 0.05) is 0 Å². The Labute approximate surface area is 77.8 Å². The average molecular weight is 197 g/mol. The molecular weight excluding hydrogens is 186 g/mol. The van der Waals surface area contributed by atoms with Crippen molar-refractivity contribution in [3.63, 3.8) is 0 Å². The molecule has 1 aromatic rings. The summed E-state index contributed by atoms with van der Waals surface area (Å²) < 4.78 is 25.4. The number of hydrogen-bond acceptors (Lipinski definition) is 2. The molecule has 0 saturated heterocycles. The molecule has 0 saturated carbocycles. The predicted molar refractivity (Wildman–Crippen MR) is 52.1 cm³/mol. The van der Waals surface area contributed by atoms with Gasteiger partial charge >= 0.3 is 0 Å². The van der Waals surface area contributed by atoms with E-state index >= 15 is 0 Å². The van der Waals surface area contributed by atoms with E-state index in [2.05, 4.69) is 4.72 Å². The Balaban J connectivity index is 2.63. The molecule has 0 bridgehead atoms. The van der Waals surface area contributed by atoms with Gasteiger partial charge in [0.15, 0.2) is 0 Å². The molecule has 1 aromatic carbocycles. The van der Waals surface area contributed by atoms with Crippen molar-refractivity contribution in [3.8, 4) is 0 Å². The van der Waals surface area contributed by atoms with Gasteiger partial charge in [-0.05, 0) is 31.0 Å². The number of aryl methyl sites for hydroxylation is 1. The predicted octanol–water partition coefficient (Wildman–Crippen LogP) is 1.81. The number of nitrogens with one attached hydrogen (secondary N) is 1. The monoisotopic (exact) mass is 197 g/mol. The Hall–Kier alpha value is -1.03. The van der Waals surface area contributed by atoms with Gasteiger partial charge in [-0.3, -0.25) is 4.72 Å². The fraction of sp³-hybridized carbons (Fsp3) is 0.333. The van der Waals surface area contributed by atoms with Crippen molar-refractivity contribution in [1.29, 1.82) is 0 Å². The zero-order valence-electron chi connectivity index (χ0n) is 7.53. The van der Waals surface area contributed by atoms with Crippen LogP contribution in [0.15, 0.2) is 18.2 Å². The molecular formula is C9H11NO2S. The molecule has 2 rings (SSSR count). The Morgan fingerprint density at radius 3 is 2.77 bits per heavy atom. The number of benzene rings is 1. The second-order valence-corrected chi connectivity index (χ2v) is 5.38. The summed E-state index contributed by atoms with van der Waals surface area (Å²) in [5.41, 5.74) is 2.66. The summed E-state index contributed by atoms with van der Waals surface area (Å²) in [7, 11) is -3.15. The Morgan fingerprint density at radius 1 is 1.38 bits per heavy atom. The molecule has 0 amide bonds. The van der Waals surface area contributed by atoms with Gasteiger partial charge in [0.05, 0.1) is 5.69 Å². The molecule has 1 heterocycles. The van der Waals surface area contributed by atoms with Gasteiger partial charge in [0.2, 0.25) is 10.0 Å². The van der Waals surface area contributed by atoms with Crippen molar-refractivity contribution in [2.24, 2.45) is 0 Å². The van der Waals surface area contributed by atoms with Crippen LogP contribution in [0.4, 0.5) is 5.69 Å². The summed E-state index contributed by atoms with van der Waals surface area (Å²) in [6.07, 6.45) is 0. The van der Waals surface area contributed by atoms with Gasteiger partial charge in [-0.15, -0.1) is 0 Å². The standard InChI is InChI=1S/C9H11NO2S/c1-6-3-4-8-7(2)13(11,12)10-9(8)5-6/h3-5,7,10H,1-2H3/t7-/m1/s1. The zero-order chi connectivity index (χ0) is 9.64. The van der Waals surface area contributed by atoms with Crippen LogP contribution in [0, 0.1) is 6.92 Å². The Kier molecular flexibility index (Phi) is 1.63. The molecule has 70 valence electrons. The minimum absolute atomic E-state index is 0.428. The Bertz CT molecular complexity index is 451. The first kappa shape index (κ1) is 8.56. The van der Waals surface area contributed by atoms with Crippen LogP contribution < -0.4 is 4.72 Å². The van der Waals surface area contributed by atoms with Gasteiger partial charge in [-0.2, -0.15) is 0 Å². The summed E-state index contributed by atoms with van der Waals surface area (Å²) in [5.74, 6) is 0. The third-order valence-corrected chi connectivity index (χ3v) is 4.05. The van der Waals surface area contributed by atoms with Crippen molar-refractivity contribution >= 4 is 15.7 Å². The van der Waals surface area contributed by atoms with Gasteiger partial charge < -0.3 is 0 Å². The molecule has 13 heavy (non-hydrogen) atoms. The lowest BCUT2D eigenvalue weighted by atomic mass is 10.1. The topological polar surface area (TPSA) is 46.2 Å². The summed E-state index contributed by atoms with van der Waals surface area (Å²) in [5, 5.41) is -0.428. The largest absolute Gasteiger partial charge is 0.283 e. The first-order valence-electron chi connectivity index (χ1n) is 4.13. The van der Waals surface area contributed by atoms with Crippen LogP contribution in [0.3, 0.4) is 0 Å². The van der Waals surface area contributed by atoms with Gasteiger partial charge in [-0.25, -0.2) is 8.42 Å². The van der Waals surface area contributed by atoms with E-state index in [1.165, 1.54) is 0 Å². The van der Waals surface area contributed by atoms with Gasteiger partial charge in [0.1, 0.15) is 5.25 Å². The molecule has 0 spiro atoms. The number of hydrogen-bond donors (Lipinski definition) is 1. The molecule has 0 radical (unpaired) electrons. The summed E-state index contributed by atoms with van der Waals surface area (Å²) in [4.78, 5) is 0. The maximum Gasteiger partial charge on any atom is 0.239 e. The van der Waals surface area contributed by atoms with E-state index in [0.717, 1.165) is 16.8 Å². The molecule has 0 fully saturated rings. The molecule has 1 atom stereocenters. The summed E-state index contributed by atoms with van der Waals surface area (Å²) in [6, 6.07) is 5.65. The van der Waals surface area contributed by atoms with Crippen molar-refractivity contribution in [1.82, 2.24) is 0 Å². The highest BCUT2D eigenvalue weighted by molar-refractivity contribution is 7.93. The highest BCUT2D eigenvalue weighted by atomic mass is 32.2. The van der Waals surface area contributed by atoms with E-state index in [0.29, 0.717) is 0 Å². The fourth-order valence-electron chi connectivity index (χ4n) is 1.52. The molecule has 1 aliphatic heterocycles. The lowest BCUT2D eigenvalue weighted by Crippen LogP contribution is -2.09. The van der Waals surface area contributed by atoms with Crippen LogP contribution in [-0.2, 0) is 10.0 Å². The SMILES string of the molecule is Cc1ccc2c(c1)NS(=O)(=O)[C@@H]2C. The summed E-state index contributed by atoms with van der Waals surface area (Å²) in [6.45, 7) is 3.64. The number of sulfonamides is 1. The quantitative estimate of drug-likeness (QED) is 0.689. The van der Waals surface area contributed by atoms with Crippen LogP contribution in [0.25, 0.3) is 0 Å². The molecule has 1 aliphatic rings. The zero-order valence-corrected chi connectivity index (χ0v) is 8.35. The number of fused-ring (bicyclic) bond motifs is 1. The van der Waals surface area contributed by atoms with Crippen LogP contribution >= 0.6 is 0 Å². The van der Waals surface area contributed by atoms with Crippen molar-refractivity contribution < 1.29 is 8.42 Å². The highest BCUT2D eigenvalue weighted by Gasteiger charge is 2.31. The van der Waals surface area contributed by atoms with Crippen molar-refractivity contribution in [2.45, 2.75) is 19.1 Å². The van der Waals surface area contributed by atoms with E-state index < -0.39 is 15.3 Å². The highest BCUT2D eigenvalue weighted by Crippen LogP contribution is 2.37. The van der Waals surface area contributed by atoms with Crippen LogP contribution in [0.1, 0.15) is 23.3 Å². The van der Waals surface area contributed by atoms with Crippen LogP contribution in [-0.4, -0.2) is 8.42 Å². The van der Waals surface area contributed by atoms with E-state index in [1.807, 2.05) is 25.1 Å². The molecule has 0 aliphatic carbocycles. The maximum atomic E-state index is 11.4. The lowest BCUT2D eigenvalue weighted by molar-refractivity contribution is 0.594. The maximum absolute atomic E-state index is 11.4. The van der Waals surface area contributed by atoms with Crippen molar-refractivity contribution in [2.75, 3.05) is 4.72 Å². The lowest BCUT2D eigenvalue weighted by Gasteiger charge is -2.00. The minimum Gasteiger partial charge on any atom is -0.283 e. The Morgan fingerprint density at radius 2 is 2.08 bits per heavy atom. The van der Waals surface area contributed by atoms with E-state index in [1.54, 1.807) is 6.92 Å². The second-order valence-electron chi connectivity index (χ2n) is 3.38. The number of rotatable bonds is 0. The fourth-order valence-corrected chi connectivity index (χ4v) is 2.72. The minimum atomic E-state index is -3.15. The van der Waals surface area contributed by atoms with E-state index in [4.69, 9.17) is 0 Å². The molecule has 0 aromatic heterocycles. The number of anilines is 1. The van der Waals surface area contributed by atoms with E-state index in [-0.39, 0.29) is 0 Å². The van der Waals surface area contributed by atoms with Gasteiger partial charge in [-0.1, -0.05) is 12.1 Å². The first-order chi connectivity index (χ1) is 6.00. The third kappa shape index (κ3) is 1.21. The van der Waals surface area contributed by atoms with Crippen molar-refractivity contribution in [3.05, 3.63) is 29.3 Å². The normalized spacial score (nSPS) is 23.7. The average Bonchev–Trinajstić information content (AvgIpc) is 2.22. The van der Waals surface area contributed by atoms with E-state index in [9.17, 15) is 8.42 Å². The third-order valence-electron chi connectivity index (χ3n) is 2.36. The first-order valence-corrected chi connectivity index (χ1v) is 5.67. The second kappa shape index (κ2) is 2.48.